The maximum Gasteiger partial charge on any atom is 0.233 e. The number of carbonyl (C=O) groups is 1. The molecule has 86 valence electrons. The Hall–Kier alpha value is -0.940. The van der Waals surface area contributed by atoms with Gasteiger partial charge in [-0.05, 0) is 31.9 Å². The van der Waals surface area contributed by atoms with E-state index in [1.165, 1.54) is 4.88 Å². The van der Waals surface area contributed by atoms with Gasteiger partial charge in [0.15, 0.2) is 0 Å². The molecule has 1 aliphatic carbocycles. The van der Waals surface area contributed by atoms with Gasteiger partial charge >= 0.3 is 0 Å². The molecule has 1 amide bonds. The van der Waals surface area contributed by atoms with Crippen LogP contribution in [0.3, 0.4) is 0 Å². The molecule has 0 aromatic carbocycles. The summed E-state index contributed by atoms with van der Waals surface area (Å²) in [5.74, 6) is -0.0222. The number of thiophene rings is 1. The lowest BCUT2D eigenvalue weighted by atomic mass is 10.1. The quantitative estimate of drug-likeness (QED) is 0.805. The van der Waals surface area contributed by atoms with Crippen LogP contribution in [0.2, 0.25) is 0 Å². The number of hydrogen-bond donors (Lipinski definition) is 2. The number of rotatable bonds is 4. The molecular weight excluding hydrogens is 240 g/mol. The van der Waals surface area contributed by atoms with E-state index in [-0.39, 0.29) is 5.91 Å². The number of amides is 1. The van der Waals surface area contributed by atoms with E-state index in [1.807, 2.05) is 19.1 Å². The lowest BCUT2D eigenvalue weighted by Crippen LogP contribution is -2.39. The van der Waals surface area contributed by atoms with Gasteiger partial charge in [0.25, 0.3) is 0 Å². The van der Waals surface area contributed by atoms with Crippen LogP contribution >= 0.6 is 23.6 Å². The van der Waals surface area contributed by atoms with Crippen molar-refractivity contribution in [1.82, 2.24) is 5.32 Å². The maximum absolute atomic E-state index is 11.9. The molecule has 0 saturated heterocycles. The molecular formula is C11H14N2OS2. The molecule has 3 nitrogen and oxygen atoms in total. The molecule has 16 heavy (non-hydrogen) atoms. The zero-order chi connectivity index (χ0) is 11.8. The van der Waals surface area contributed by atoms with Gasteiger partial charge in [0.05, 0.1) is 16.9 Å². The number of aryl methyl sites for hydroxylation is 1. The standard InChI is InChI=1S/C11H14N2OS2/c1-7-2-3-8(16-7)6-13-10(14)11(4-5-11)9(12)15/h2-3H,4-6H2,1H3,(H2,12,15)(H,13,14). The second-order valence-electron chi connectivity index (χ2n) is 4.14. The summed E-state index contributed by atoms with van der Waals surface area (Å²) in [6.07, 6.45) is 1.58. The minimum Gasteiger partial charge on any atom is -0.392 e. The first-order chi connectivity index (χ1) is 7.54. The van der Waals surface area contributed by atoms with E-state index in [1.54, 1.807) is 11.3 Å². The highest BCUT2D eigenvalue weighted by Gasteiger charge is 2.52. The minimum atomic E-state index is -0.540. The highest BCUT2D eigenvalue weighted by atomic mass is 32.1. The molecule has 1 saturated carbocycles. The Kier molecular flexibility index (Phi) is 2.99. The third-order valence-corrected chi connectivity index (χ3v) is 4.27. The topological polar surface area (TPSA) is 55.1 Å². The molecule has 0 atom stereocenters. The molecule has 0 aliphatic heterocycles. The third kappa shape index (κ3) is 2.10. The Labute approximate surface area is 104 Å². The number of hydrogen-bond acceptors (Lipinski definition) is 3. The molecule has 1 heterocycles. The van der Waals surface area contributed by atoms with Gasteiger partial charge in [-0.1, -0.05) is 12.2 Å². The summed E-state index contributed by atoms with van der Waals surface area (Å²) in [5.41, 5.74) is 5.04. The lowest BCUT2D eigenvalue weighted by Gasteiger charge is -2.12. The molecule has 0 unspecified atom stereocenters. The van der Waals surface area contributed by atoms with E-state index in [9.17, 15) is 4.79 Å². The van der Waals surface area contributed by atoms with Crippen molar-refractivity contribution in [1.29, 1.82) is 0 Å². The summed E-state index contributed by atoms with van der Waals surface area (Å²) in [7, 11) is 0. The summed E-state index contributed by atoms with van der Waals surface area (Å²) in [4.78, 5) is 14.6. The summed E-state index contributed by atoms with van der Waals surface area (Å²) in [6.45, 7) is 2.62. The average Bonchev–Trinajstić information content (AvgIpc) is 2.95. The van der Waals surface area contributed by atoms with Gasteiger partial charge in [0.1, 0.15) is 0 Å². The van der Waals surface area contributed by atoms with E-state index < -0.39 is 5.41 Å². The normalized spacial score (nSPS) is 16.8. The SMILES string of the molecule is Cc1ccc(CNC(=O)C2(C(N)=S)CC2)s1. The van der Waals surface area contributed by atoms with E-state index in [0.29, 0.717) is 11.5 Å². The van der Waals surface area contributed by atoms with E-state index in [2.05, 4.69) is 5.32 Å². The van der Waals surface area contributed by atoms with Crippen LogP contribution in [0.4, 0.5) is 0 Å². The molecule has 1 fully saturated rings. The van der Waals surface area contributed by atoms with Crippen LogP contribution in [-0.4, -0.2) is 10.9 Å². The van der Waals surface area contributed by atoms with Crippen molar-refractivity contribution in [2.45, 2.75) is 26.3 Å². The van der Waals surface area contributed by atoms with E-state index in [4.69, 9.17) is 18.0 Å². The van der Waals surface area contributed by atoms with Crippen LogP contribution in [0.25, 0.3) is 0 Å². The van der Waals surface area contributed by atoms with Crippen LogP contribution < -0.4 is 11.1 Å². The van der Waals surface area contributed by atoms with Crippen LogP contribution in [0.1, 0.15) is 22.6 Å². The molecule has 2 rings (SSSR count). The van der Waals surface area contributed by atoms with Crippen molar-refractivity contribution in [3.63, 3.8) is 0 Å². The Morgan fingerprint density at radius 2 is 2.31 bits per heavy atom. The molecule has 1 aliphatic rings. The molecule has 0 spiro atoms. The first kappa shape index (κ1) is 11.5. The van der Waals surface area contributed by atoms with Crippen LogP contribution in [0.15, 0.2) is 12.1 Å². The number of nitrogens with two attached hydrogens (primary N) is 1. The zero-order valence-electron chi connectivity index (χ0n) is 9.08. The van der Waals surface area contributed by atoms with Crippen LogP contribution in [0.5, 0.6) is 0 Å². The summed E-state index contributed by atoms with van der Waals surface area (Å²) in [6, 6.07) is 4.08. The van der Waals surface area contributed by atoms with Crippen molar-refractivity contribution in [2.24, 2.45) is 11.1 Å². The first-order valence-electron chi connectivity index (χ1n) is 5.18. The average molecular weight is 254 g/mol. The molecule has 3 N–H and O–H groups in total. The van der Waals surface area contributed by atoms with Crippen molar-refractivity contribution in [3.8, 4) is 0 Å². The Morgan fingerprint density at radius 3 is 2.75 bits per heavy atom. The molecule has 1 aromatic rings. The largest absolute Gasteiger partial charge is 0.392 e. The highest BCUT2D eigenvalue weighted by Crippen LogP contribution is 2.46. The number of carbonyl (C=O) groups excluding carboxylic acids is 1. The number of nitrogens with one attached hydrogen (secondary N) is 1. The fourth-order valence-electron chi connectivity index (χ4n) is 1.63. The Balaban J connectivity index is 1.92. The van der Waals surface area contributed by atoms with Crippen LogP contribution in [0, 0.1) is 12.3 Å². The minimum absolute atomic E-state index is 0.0222. The van der Waals surface area contributed by atoms with Gasteiger partial charge in [-0.15, -0.1) is 11.3 Å². The molecule has 0 radical (unpaired) electrons. The fourth-order valence-corrected chi connectivity index (χ4v) is 2.75. The second kappa shape index (κ2) is 4.14. The van der Waals surface area contributed by atoms with Gasteiger partial charge < -0.3 is 11.1 Å². The van der Waals surface area contributed by atoms with Crippen molar-refractivity contribution >= 4 is 34.5 Å². The number of thiocarbonyl (C=S) groups is 1. The summed E-state index contributed by atoms with van der Waals surface area (Å²) < 4.78 is 0. The monoisotopic (exact) mass is 254 g/mol. The molecule has 0 bridgehead atoms. The van der Waals surface area contributed by atoms with E-state index in [0.717, 1.165) is 17.7 Å². The highest BCUT2D eigenvalue weighted by molar-refractivity contribution is 7.80. The first-order valence-corrected chi connectivity index (χ1v) is 6.40. The smallest absolute Gasteiger partial charge is 0.233 e. The summed E-state index contributed by atoms with van der Waals surface area (Å²) >= 11 is 6.62. The maximum atomic E-state index is 11.9. The predicted molar refractivity (Wildman–Crippen MR) is 69.4 cm³/mol. The van der Waals surface area contributed by atoms with Gasteiger partial charge in [-0.25, -0.2) is 0 Å². The molecule has 5 heteroatoms. The van der Waals surface area contributed by atoms with Gasteiger partial charge in [0, 0.05) is 9.75 Å². The molecule has 1 aromatic heterocycles. The summed E-state index contributed by atoms with van der Waals surface area (Å²) in [5, 5.41) is 2.90. The van der Waals surface area contributed by atoms with Crippen molar-refractivity contribution < 1.29 is 4.79 Å². The Bertz CT molecular complexity index is 435. The van der Waals surface area contributed by atoms with Gasteiger partial charge in [-0.2, -0.15) is 0 Å². The predicted octanol–water partition coefficient (Wildman–Crippen LogP) is 1.74. The van der Waals surface area contributed by atoms with Gasteiger partial charge in [-0.3, -0.25) is 4.79 Å². The second-order valence-corrected chi connectivity index (χ2v) is 5.95. The fraction of sp³-hybridized carbons (Fsp3) is 0.455. The van der Waals surface area contributed by atoms with E-state index >= 15 is 0 Å². The zero-order valence-corrected chi connectivity index (χ0v) is 10.7. The van der Waals surface area contributed by atoms with Crippen LogP contribution in [-0.2, 0) is 11.3 Å². The Morgan fingerprint density at radius 1 is 1.62 bits per heavy atom. The van der Waals surface area contributed by atoms with Gasteiger partial charge in [0.2, 0.25) is 5.91 Å². The third-order valence-electron chi connectivity index (χ3n) is 2.88. The van der Waals surface area contributed by atoms with Crippen molar-refractivity contribution in [3.05, 3.63) is 21.9 Å². The lowest BCUT2D eigenvalue weighted by molar-refractivity contribution is -0.124. The van der Waals surface area contributed by atoms with Crippen molar-refractivity contribution in [2.75, 3.05) is 0 Å².